The van der Waals surface area contributed by atoms with Crippen molar-refractivity contribution >= 4 is 29.7 Å². The monoisotopic (exact) mass is 1490 g/mol. The third-order valence-corrected chi connectivity index (χ3v) is 16.1. The van der Waals surface area contributed by atoms with Crippen molar-refractivity contribution in [1.82, 2.24) is 24.5 Å². The second-order valence-corrected chi connectivity index (χ2v) is 23.8. The molecule has 0 aliphatic carbocycles. The van der Waals surface area contributed by atoms with Gasteiger partial charge in [0.25, 0.3) is 0 Å². The van der Waals surface area contributed by atoms with E-state index in [0.717, 1.165) is 0 Å². The van der Waals surface area contributed by atoms with Crippen LogP contribution in [0.3, 0.4) is 0 Å². The molecule has 15 N–H and O–H groups in total. The quantitative estimate of drug-likeness (QED) is 0.0259. The van der Waals surface area contributed by atoms with E-state index in [1.54, 1.807) is 9.80 Å². The van der Waals surface area contributed by atoms with Crippen molar-refractivity contribution in [2.24, 2.45) is 0 Å². The minimum Gasteiger partial charge on any atom is -2.00 e. The van der Waals surface area contributed by atoms with Crippen molar-refractivity contribution in [1.29, 1.82) is 0 Å². The van der Waals surface area contributed by atoms with Crippen LogP contribution in [0.25, 0.3) is 0 Å². The van der Waals surface area contributed by atoms with Gasteiger partial charge in [-0.2, -0.15) is 0 Å². The fourth-order valence-corrected chi connectivity index (χ4v) is 10.7. The van der Waals surface area contributed by atoms with E-state index in [4.69, 9.17) is 37.9 Å². The van der Waals surface area contributed by atoms with Crippen LogP contribution in [0.1, 0.15) is 128 Å². The Labute approximate surface area is 574 Å². The minimum atomic E-state index is -1.58. The number of carbonyl (C=O) groups excluding carboxylic acids is 2. The molecule has 0 saturated carbocycles. The summed E-state index contributed by atoms with van der Waals surface area (Å²) in [6, 6.07) is 0. The van der Waals surface area contributed by atoms with Crippen molar-refractivity contribution in [2.75, 3.05) is 112 Å². The van der Waals surface area contributed by atoms with Crippen LogP contribution in [0, 0.1) is 39.9 Å². The van der Waals surface area contributed by atoms with Gasteiger partial charge >= 0.3 is 57.8 Å². The molecular weight excluding hydrogens is 1390 g/mol. The number of amides is 2. The second kappa shape index (κ2) is 48.5. The van der Waals surface area contributed by atoms with Crippen LogP contribution in [0.2, 0.25) is 0 Å². The SMILES string of the molecule is O=C(O)CN(CCN(CC(=O)O)CC(=O)N(CCCCCCOC1C[C@@H](O)[C@H](O)[C@@H](O)O1)CCCCCCOC1C[C@@H](O)[C@H](O)[C@@H](O)O1)CCN(CC(=O)O)CC(=O)N(CCCCCCOC1C[C@@H](O)[C@H](O)[C@@H](O)O1)CCCCCCOC1C[C@@H](O)[C@H](O)[C@@H](O)O1.[Gd+3].[O-2]. The molecule has 4 rings (SSSR count). The van der Waals surface area contributed by atoms with E-state index in [0.29, 0.717) is 129 Å². The zero-order valence-electron chi connectivity index (χ0n) is 52.9. The normalized spacial score (nSPS) is 28.2. The molecule has 4 aliphatic rings. The van der Waals surface area contributed by atoms with Gasteiger partial charge in [0.1, 0.15) is 24.4 Å². The average Bonchev–Trinajstić information content (AvgIpc) is 1.77. The Hall–Kier alpha value is -2.29. The summed E-state index contributed by atoms with van der Waals surface area (Å²) in [6.45, 7) is -0.345. The van der Waals surface area contributed by atoms with Crippen molar-refractivity contribution in [2.45, 2.75) is 228 Å². The van der Waals surface area contributed by atoms with Gasteiger partial charge < -0.3 is 130 Å². The number of carboxylic acids is 3. The van der Waals surface area contributed by atoms with Gasteiger partial charge in [0, 0.05) is 104 Å². The smallest absolute Gasteiger partial charge is 2.00 e. The van der Waals surface area contributed by atoms with Gasteiger partial charge in [-0.1, -0.05) is 51.4 Å². The summed E-state index contributed by atoms with van der Waals surface area (Å²) in [5.41, 5.74) is 0. The van der Waals surface area contributed by atoms with E-state index in [1.165, 1.54) is 14.7 Å². The largest absolute Gasteiger partial charge is 3.00 e. The van der Waals surface area contributed by atoms with E-state index in [9.17, 15) is 101 Å². The summed E-state index contributed by atoms with van der Waals surface area (Å²) in [4.78, 5) is 72.4. The van der Waals surface area contributed by atoms with E-state index >= 15 is 0 Å². The van der Waals surface area contributed by atoms with Crippen LogP contribution in [-0.4, -0.2) is 341 Å². The summed E-state index contributed by atoms with van der Waals surface area (Å²) in [7, 11) is 0. The molecule has 0 aromatic heterocycles. The molecule has 1 radical (unpaired) electrons. The molecule has 2 amide bonds. The molecule has 4 unspecified atom stereocenters. The number of carboxylic acid groups (broad SMARTS) is 3. The summed E-state index contributed by atoms with van der Waals surface area (Å²) in [6.07, 6.45) is -10.6. The fraction of sp³-hybridized carbons (Fsp3) is 0.914. The van der Waals surface area contributed by atoms with Gasteiger partial charge in [-0.3, -0.25) is 38.7 Å². The molecule has 16 atom stereocenters. The standard InChI is InChI=1S/C58H105N5O28.Gd.O/c64-38-29-47(88-55(80)51(38)76)84-25-13-5-1-9-17-62(18-10-2-6-14-26-85-48-30-39(65)52(77)56(81)89-48)42(68)33-60(36-45(72)73)23-21-59(35-44(70)71)22-24-61(37-46(74)75)34-43(69)63(19-11-3-7-15-27-86-49-31-40(66)53(78)57(82)90-49)20-12-4-8-16-28-87-50-32-41(67)54(79)58(83)91-50;;/h38-41,47-58,64-67,76-83H,1-37H2,(H,70,71)(H,72,73)(H,74,75);;/q;+3;-2/t38-,39-,40-,41-,47?,48?,49?,50?,51+,52+,53+,54+,55+,56+,57+,58+;;/m1../s1. The molecule has 93 heavy (non-hydrogen) atoms. The number of carbonyl (C=O) groups is 5. The number of aliphatic carboxylic acids is 3. The molecule has 35 heteroatoms. The summed E-state index contributed by atoms with van der Waals surface area (Å²) < 4.78 is 43.3. The predicted octanol–water partition coefficient (Wildman–Crippen LogP) is -3.86. The van der Waals surface area contributed by atoms with Crippen LogP contribution in [0.15, 0.2) is 0 Å². The Morgan fingerprint density at radius 2 is 0.527 bits per heavy atom. The van der Waals surface area contributed by atoms with Gasteiger partial charge in [0.05, 0.1) is 57.1 Å². The van der Waals surface area contributed by atoms with Gasteiger partial charge in [-0.25, -0.2) is 0 Å². The van der Waals surface area contributed by atoms with Crippen molar-refractivity contribution in [3.8, 4) is 0 Å². The van der Waals surface area contributed by atoms with Crippen molar-refractivity contribution in [3.63, 3.8) is 0 Å². The van der Waals surface area contributed by atoms with Gasteiger partial charge in [0.2, 0.25) is 11.8 Å². The van der Waals surface area contributed by atoms with Crippen LogP contribution < -0.4 is 0 Å². The number of unbranched alkanes of at least 4 members (excludes halogenated alkanes) is 12. The third-order valence-electron chi connectivity index (χ3n) is 16.1. The molecular formula is C58H105GdN5O29+. The minimum absolute atomic E-state index is 0. The number of nitrogens with zero attached hydrogens (tertiary/aromatic N) is 5. The molecule has 0 bridgehead atoms. The fourth-order valence-electron chi connectivity index (χ4n) is 10.7. The maximum Gasteiger partial charge on any atom is 3.00 e. The van der Waals surface area contributed by atoms with Crippen molar-refractivity contribution in [3.05, 3.63) is 0 Å². The van der Waals surface area contributed by atoms with E-state index in [-0.39, 0.29) is 149 Å². The first-order chi connectivity index (χ1) is 43.4. The number of hydrogen-bond acceptors (Lipinski definition) is 28. The van der Waals surface area contributed by atoms with E-state index in [2.05, 4.69) is 0 Å². The van der Waals surface area contributed by atoms with E-state index in [1.807, 2.05) is 0 Å². The Balaban J connectivity index is 0.0000147. The maximum atomic E-state index is 14.1. The Morgan fingerprint density at radius 3 is 0.753 bits per heavy atom. The first-order valence-corrected chi connectivity index (χ1v) is 32.0. The number of aliphatic hydroxyl groups excluding tert-OH is 12. The Bertz CT molecular complexity index is 1790. The first-order valence-electron chi connectivity index (χ1n) is 32.0. The molecule has 543 valence electrons. The molecule has 4 saturated heterocycles. The maximum absolute atomic E-state index is 14.1. The number of rotatable bonds is 48. The summed E-state index contributed by atoms with van der Waals surface area (Å²) in [5, 5.41) is 148. The van der Waals surface area contributed by atoms with E-state index < -0.39 is 137 Å². The van der Waals surface area contributed by atoms with Crippen LogP contribution in [0.5, 0.6) is 0 Å². The molecule has 34 nitrogen and oxygen atoms in total. The molecule has 0 aromatic carbocycles. The average molecular weight is 1490 g/mol. The summed E-state index contributed by atoms with van der Waals surface area (Å²) in [5.74, 6) is -4.45. The number of hydrogen-bond donors (Lipinski definition) is 15. The van der Waals surface area contributed by atoms with Gasteiger partial charge in [-0.15, -0.1) is 0 Å². The molecule has 0 spiro atoms. The number of ether oxygens (including phenoxy) is 8. The van der Waals surface area contributed by atoms with Crippen LogP contribution >= 0.6 is 0 Å². The Kier molecular flexibility index (Phi) is 45.2. The zero-order chi connectivity index (χ0) is 66.8. The van der Waals surface area contributed by atoms with Gasteiger partial charge in [0.15, 0.2) is 50.3 Å². The predicted molar refractivity (Wildman–Crippen MR) is 314 cm³/mol. The second-order valence-electron chi connectivity index (χ2n) is 23.8. The van der Waals surface area contributed by atoms with Crippen LogP contribution in [0.4, 0.5) is 0 Å². The summed E-state index contributed by atoms with van der Waals surface area (Å²) >= 11 is 0. The van der Waals surface area contributed by atoms with Crippen LogP contribution in [-0.2, 0) is 67.3 Å². The molecule has 4 aliphatic heterocycles. The molecule has 4 fully saturated rings. The van der Waals surface area contributed by atoms with Gasteiger partial charge in [-0.05, 0) is 51.4 Å². The third kappa shape index (κ3) is 35.4. The topological polar surface area (TPSA) is 507 Å². The number of aliphatic hydroxyl groups is 12. The molecule has 4 heterocycles. The Morgan fingerprint density at radius 1 is 0.312 bits per heavy atom. The zero-order valence-corrected chi connectivity index (χ0v) is 55.2. The first kappa shape index (κ1) is 86.8. The van der Waals surface area contributed by atoms with Crippen molar-refractivity contribution < 1.29 is 184 Å². The molecule has 0 aromatic rings.